The number of halogens is 1. The van der Waals surface area contributed by atoms with E-state index in [0.717, 1.165) is 18.9 Å². The Balaban J connectivity index is 1.54. The molecule has 0 spiro atoms. The molecule has 132 valence electrons. The maximum absolute atomic E-state index is 13.9. The van der Waals surface area contributed by atoms with Crippen molar-refractivity contribution in [1.29, 1.82) is 0 Å². The zero-order chi connectivity index (χ0) is 17.6. The molecule has 2 heterocycles. The second-order valence-corrected chi connectivity index (χ2v) is 6.30. The van der Waals surface area contributed by atoms with Gasteiger partial charge in [0.15, 0.2) is 17.6 Å². The lowest BCUT2D eigenvalue weighted by molar-refractivity contribution is 0.612. The van der Waals surface area contributed by atoms with Crippen molar-refractivity contribution in [2.75, 3.05) is 25.0 Å². The second kappa shape index (κ2) is 7.96. The number of benzene rings is 1. The number of hydrogen-bond donors (Lipinski definition) is 2. The SMILES string of the molecule is CN=C(NCc1cccc(C)c1)NC1CCN(c2ncccc2F)C1. The number of nitrogens with one attached hydrogen (secondary N) is 2. The van der Waals surface area contributed by atoms with Gasteiger partial charge in [-0.1, -0.05) is 29.8 Å². The zero-order valence-electron chi connectivity index (χ0n) is 14.7. The van der Waals surface area contributed by atoms with Gasteiger partial charge in [-0.15, -0.1) is 0 Å². The Morgan fingerprint density at radius 1 is 1.36 bits per heavy atom. The van der Waals surface area contributed by atoms with Gasteiger partial charge in [-0.2, -0.15) is 0 Å². The summed E-state index contributed by atoms with van der Waals surface area (Å²) in [5, 5.41) is 6.75. The molecule has 1 saturated heterocycles. The molecule has 0 amide bonds. The van der Waals surface area contributed by atoms with Gasteiger partial charge in [-0.25, -0.2) is 9.37 Å². The quantitative estimate of drug-likeness (QED) is 0.663. The Kier molecular flexibility index (Phi) is 5.48. The molecular formula is C19H24FN5. The fraction of sp³-hybridized carbons (Fsp3) is 0.368. The zero-order valence-corrected chi connectivity index (χ0v) is 14.7. The van der Waals surface area contributed by atoms with Crippen LogP contribution >= 0.6 is 0 Å². The molecule has 0 bridgehead atoms. The molecule has 2 aromatic rings. The van der Waals surface area contributed by atoms with Crippen molar-refractivity contribution in [3.05, 3.63) is 59.5 Å². The third kappa shape index (κ3) is 4.47. The largest absolute Gasteiger partial charge is 0.352 e. The molecule has 1 fully saturated rings. The molecule has 2 N–H and O–H groups in total. The molecule has 0 radical (unpaired) electrons. The lowest BCUT2D eigenvalue weighted by Gasteiger charge is -2.20. The molecule has 0 saturated carbocycles. The number of aliphatic imine (C=N–C) groups is 1. The summed E-state index contributed by atoms with van der Waals surface area (Å²) in [6, 6.07) is 11.7. The standard InChI is InChI=1S/C19H24FN5/c1-14-5-3-6-15(11-14)12-23-19(21-2)24-16-8-10-25(13-16)18-17(20)7-4-9-22-18/h3-7,9,11,16H,8,10,12-13H2,1-2H3,(H2,21,23,24). The van der Waals surface area contributed by atoms with E-state index >= 15 is 0 Å². The second-order valence-electron chi connectivity index (χ2n) is 6.30. The minimum atomic E-state index is -0.273. The number of aryl methyl sites for hydroxylation is 1. The molecule has 1 aromatic carbocycles. The maximum Gasteiger partial charge on any atom is 0.191 e. The van der Waals surface area contributed by atoms with Crippen molar-refractivity contribution in [3.63, 3.8) is 0 Å². The highest BCUT2D eigenvalue weighted by atomic mass is 19.1. The number of nitrogens with zero attached hydrogens (tertiary/aromatic N) is 3. The van der Waals surface area contributed by atoms with E-state index in [1.54, 1.807) is 19.3 Å². The number of rotatable bonds is 4. The van der Waals surface area contributed by atoms with Crippen LogP contribution in [0, 0.1) is 12.7 Å². The monoisotopic (exact) mass is 341 g/mol. The minimum absolute atomic E-state index is 0.213. The Morgan fingerprint density at radius 2 is 2.24 bits per heavy atom. The Labute approximate surface area is 148 Å². The smallest absolute Gasteiger partial charge is 0.191 e. The Hall–Kier alpha value is -2.63. The summed E-state index contributed by atoms with van der Waals surface area (Å²) in [5.74, 6) is 0.912. The van der Waals surface area contributed by atoms with Gasteiger partial charge in [0.2, 0.25) is 0 Å². The maximum atomic E-state index is 13.9. The molecule has 1 aliphatic heterocycles. The third-order valence-corrected chi connectivity index (χ3v) is 4.33. The van der Waals surface area contributed by atoms with E-state index in [1.807, 2.05) is 4.90 Å². The van der Waals surface area contributed by atoms with Crippen molar-refractivity contribution >= 4 is 11.8 Å². The number of hydrogen-bond acceptors (Lipinski definition) is 3. The lowest BCUT2D eigenvalue weighted by atomic mass is 10.1. The van der Waals surface area contributed by atoms with Gasteiger partial charge in [0.25, 0.3) is 0 Å². The van der Waals surface area contributed by atoms with Crippen LogP contribution in [0.2, 0.25) is 0 Å². The van der Waals surface area contributed by atoms with Gasteiger partial charge >= 0.3 is 0 Å². The fourth-order valence-electron chi connectivity index (χ4n) is 3.08. The molecule has 5 nitrogen and oxygen atoms in total. The topological polar surface area (TPSA) is 52.6 Å². The number of guanidine groups is 1. The lowest BCUT2D eigenvalue weighted by Crippen LogP contribution is -2.44. The first kappa shape index (κ1) is 17.2. The van der Waals surface area contributed by atoms with Crippen molar-refractivity contribution in [2.24, 2.45) is 4.99 Å². The van der Waals surface area contributed by atoms with E-state index in [0.29, 0.717) is 18.9 Å². The highest BCUT2D eigenvalue weighted by Crippen LogP contribution is 2.20. The summed E-state index contributed by atoms with van der Waals surface area (Å²) < 4.78 is 13.9. The van der Waals surface area contributed by atoms with Crippen LogP contribution in [0.15, 0.2) is 47.6 Å². The molecule has 3 rings (SSSR count). The van der Waals surface area contributed by atoms with E-state index in [4.69, 9.17) is 0 Å². The van der Waals surface area contributed by atoms with Gasteiger partial charge < -0.3 is 15.5 Å². The number of aromatic nitrogens is 1. The number of pyridine rings is 1. The van der Waals surface area contributed by atoms with E-state index in [1.165, 1.54) is 17.2 Å². The van der Waals surface area contributed by atoms with Crippen LogP contribution in [-0.2, 0) is 6.54 Å². The van der Waals surface area contributed by atoms with Crippen molar-refractivity contribution in [2.45, 2.75) is 25.9 Å². The predicted molar refractivity (Wildman–Crippen MR) is 99.3 cm³/mol. The highest BCUT2D eigenvalue weighted by Gasteiger charge is 2.25. The fourth-order valence-corrected chi connectivity index (χ4v) is 3.08. The number of anilines is 1. The third-order valence-electron chi connectivity index (χ3n) is 4.33. The highest BCUT2D eigenvalue weighted by molar-refractivity contribution is 5.80. The van der Waals surface area contributed by atoms with E-state index in [2.05, 4.69) is 51.8 Å². The summed E-state index contributed by atoms with van der Waals surface area (Å²) in [6.07, 6.45) is 2.54. The molecule has 1 aliphatic rings. The molecule has 1 atom stereocenters. The predicted octanol–water partition coefficient (Wildman–Crippen LogP) is 2.47. The Bertz CT molecular complexity index is 746. The molecule has 0 aliphatic carbocycles. The first-order valence-corrected chi connectivity index (χ1v) is 8.54. The normalized spacial score (nSPS) is 17.6. The summed E-state index contributed by atoms with van der Waals surface area (Å²) in [4.78, 5) is 10.4. The average Bonchev–Trinajstić information content (AvgIpc) is 3.07. The summed E-state index contributed by atoms with van der Waals surface area (Å²) in [7, 11) is 1.76. The van der Waals surface area contributed by atoms with Crippen LogP contribution in [0.1, 0.15) is 17.5 Å². The summed E-state index contributed by atoms with van der Waals surface area (Å²) in [5.41, 5.74) is 2.46. The van der Waals surface area contributed by atoms with Gasteiger partial charge in [0.1, 0.15) is 0 Å². The summed E-state index contributed by atoms with van der Waals surface area (Å²) >= 11 is 0. The first-order chi connectivity index (χ1) is 12.2. The van der Waals surface area contributed by atoms with E-state index in [-0.39, 0.29) is 11.9 Å². The van der Waals surface area contributed by atoms with Crippen LogP contribution in [0.25, 0.3) is 0 Å². The van der Waals surface area contributed by atoms with Gasteiger partial charge in [0, 0.05) is 38.9 Å². The molecular weight excluding hydrogens is 317 g/mol. The minimum Gasteiger partial charge on any atom is -0.352 e. The van der Waals surface area contributed by atoms with Crippen LogP contribution in [0.4, 0.5) is 10.2 Å². The molecule has 1 unspecified atom stereocenters. The van der Waals surface area contributed by atoms with E-state index in [9.17, 15) is 4.39 Å². The van der Waals surface area contributed by atoms with Gasteiger partial charge in [-0.3, -0.25) is 4.99 Å². The van der Waals surface area contributed by atoms with Gasteiger partial charge in [0.05, 0.1) is 0 Å². The van der Waals surface area contributed by atoms with Crippen molar-refractivity contribution in [3.8, 4) is 0 Å². The van der Waals surface area contributed by atoms with Crippen LogP contribution in [-0.4, -0.2) is 37.1 Å². The van der Waals surface area contributed by atoms with Crippen LogP contribution < -0.4 is 15.5 Å². The van der Waals surface area contributed by atoms with Crippen LogP contribution in [0.5, 0.6) is 0 Å². The van der Waals surface area contributed by atoms with Crippen molar-refractivity contribution < 1.29 is 4.39 Å². The summed E-state index contributed by atoms with van der Waals surface area (Å²) in [6.45, 7) is 4.28. The van der Waals surface area contributed by atoms with Gasteiger partial charge in [-0.05, 0) is 31.0 Å². The average molecular weight is 341 g/mol. The Morgan fingerprint density at radius 3 is 3.00 bits per heavy atom. The molecule has 6 heteroatoms. The van der Waals surface area contributed by atoms with Crippen LogP contribution in [0.3, 0.4) is 0 Å². The molecule has 25 heavy (non-hydrogen) atoms. The molecule has 1 aromatic heterocycles. The first-order valence-electron chi connectivity index (χ1n) is 8.54. The van der Waals surface area contributed by atoms with E-state index < -0.39 is 0 Å². The van der Waals surface area contributed by atoms with Crippen molar-refractivity contribution in [1.82, 2.24) is 15.6 Å².